The van der Waals surface area contributed by atoms with Crippen LogP contribution in [0.4, 0.5) is 0 Å². The molecule has 0 aromatic heterocycles. The Labute approximate surface area is 433 Å². The minimum atomic E-state index is -0.596. The number of carbonyl (C=O) groups is 2. The summed E-state index contributed by atoms with van der Waals surface area (Å²) in [7, 11) is 0. The Bertz CT molecular complexity index is 1420. The molecule has 0 fully saturated rings. The Kier molecular flexibility index (Phi) is 56.5. The molecular weight excluding hydrogens is 861 g/mol. The van der Waals surface area contributed by atoms with E-state index >= 15 is 0 Å². The summed E-state index contributed by atoms with van der Waals surface area (Å²) in [5.41, 5.74) is 0. The van der Waals surface area contributed by atoms with E-state index in [2.05, 4.69) is 142 Å². The zero-order chi connectivity index (χ0) is 50.6. The van der Waals surface area contributed by atoms with Crippen molar-refractivity contribution in [3.8, 4) is 0 Å². The summed E-state index contributed by atoms with van der Waals surface area (Å²) in [6.07, 6.45) is 83.8. The largest absolute Gasteiger partial charge is 0.462 e. The van der Waals surface area contributed by atoms with E-state index < -0.39 is 6.10 Å². The van der Waals surface area contributed by atoms with Crippen molar-refractivity contribution >= 4 is 11.9 Å². The molecule has 0 aromatic rings. The number of hydrogen-bond acceptors (Lipinski definition) is 5. The van der Waals surface area contributed by atoms with Gasteiger partial charge in [0.1, 0.15) is 6.61 Å². The molecule has 0 heterocycles. The van der Waals surface area contributed by atoms with Crippen molar-refractivity contribution in [2.45, 2.75) is 258 Å². The lowest BCUT2D eigenvalue weighted by Crippen LogP contribution is -2.30. The SMILES string of the molecule is CC/C=C\C/C=C\C/C=C\C/C=C\C/C=C\C/C=C\CCCOCC(COC(=O)CCCCCCCCCCCCCCCCCCCCC)OC(=O)CCCC/C=C\C/C=C\C/C=C\C/C=C\CC. The summed E-state index contributed by atoms with van der Waals surface area (Å²) in [5, 5.41) is 0. The zero-order valence-electron chi connectivity index (χ0n) is 45.7. The molecule has 0 N–H and O–H groups in total. The van der Waals surface area contributed by atoms with E-state index in [4.69, 9.17) is 14.2 Å². The number of allylic oxidation sites excluding steroid dienone is 20. The van der Waals surface area contributed by atoms with Crippen LogP contribution in [-0.2, 0) is 23.8 Å². The normalized spacial score (nSPS) is 13.1. The van der Waals surface area contributed by atoms with Crippen molar-refractivity contribution in [1.29, 1.82) is 0 Å². The summed E-state index contributed by atoms with van der Waals surface area (Å²) in [5.74, 6) is -0.477. The van der Waals surface area contributed by atoms with Crippen molar-refractivity contribution < 1.29 is 23.8 Å². The van der Waals surface area contributed by atoms with Crippen LogP contribution in [0.1, 0.15) is 252 Å². The zero-order valence-corrected chi connectivity index (χ0v) is 45.7. The molecule has 5 nitrogen and oxygen atoms in total. The first-order chi connectivity index (χ1) is 34.6. The van der Waals surface area contributed by atoms with Gasteiger partial charge in [0, 0.05) is 19.4 Å². The molecule has 0 amide bonds. The fraction of sp³-hybridized carbons (Fsp3) is 0.662. The van der Waals surface area contributed by atoms with Gasteiger partial charge in [-0.3, -0.25) is 9.59 Å². The average molecular weight is 970 g/mol. The molecule has 1 atom stereocenters. The maximum Gasteiger partial charge on any atom is 0.306 e. The van der Waals surface area contributed by atoms with Crippen LogP contribution < -0.4 is 0 Å². The van der Waals surface area contributed by atoms with Gasteiger partial charge >= 0.3 is 11.9 Å². The van der Waals surface area contributed by atoms with E-state index in [0.29, 0.717) is 19.4 Å². The van der Waals surface area contributed by atoms with E-state index in [1.807, 2.05) is 0 Å². The minimum Gasteiger partial charge on any atom is -0.462 e. The molecule has 0 aliphatic rings. The maximum atomic E-state index is 12.8. The molecule has 0 radical (unpaired) electrons. The topological polar surface area (TPSA) is 61.8 Å². The van der Waals surface area contributed by atoms with Gasteiger partial charge in [0.15, 0.2) is 6.10 Å². The van der Waals surface area contributed by atoms with E-state index in [9.17, 15) is 9.59 Å². The smallest absolute Gasteiger partial charge is 0.306 e. The molecule has 0 aliphatic carbocycles. The lowest BCUT2D eigenvalue weighted by molar-refractivity contribution is -0.163. The highest BCUT2D eigenvalue weighted by Gasteiger charge is 2.17. The molecule has 398 valence electrons. The predicted octanol–water partition coefficient (Wildman–Crippen LogP) is 20.1. The van der Waals surface area contributed by atoms with Gasteiger partial charge in [-0.2, -0.15) is 0 Å². The Morgan fingerprint density at radius 1 is 0.329 bits per heavy atom. The van der Waals surface area contributed by atoms with Gasteiger partial charge < -0.3 is 14.2 Å². The van der Waals surface area contributed by atoms with Gasteiger partial charge in [0.2, 0.25) is 0 Å². The highest BCUT2D eigenvalue weighted by molar-refractivity contribution is 5.70. The molecule has 0 aliphatic heterocycles. The summed E-state index contributed by atoms with van der Waals surface area (Å²) in [6, 6.07) is 0. The summed E-state index contributed by atoms with van der Waals surface area (Å²) >= 11 is 0. The molecule has 0 saturated carbocycles. The maximum absolute atomic E-state index is 12.8. The van der Waals surface area contributed by atoms with Crippen LogP contribution in [-0.4, -0.2) is 37.9 Å². The van der Waals surface area contributed by atoms with Crippen molar-refractivity contribution in [2.75, 3.05) is 19.8 Å². The van der Waals surface area contributed by atoms with Crippen molar-refractivity contribution in [1.82, 2.24) is 0 Å². The highest BCUT2D eigenvalue weighted by atomic mass is 16.6. The van der Waals surface area contributed by atoms with E-state index in [-0.39, 0.29) is 25.2 Å². The summed E-state index contributed by atoms with van der Waals surface area (Å²) in [6.45, 7) is 7.42. The number of carbonyl (C=O) groups excluding carboxylic acids is 2. The number of unbranched alkanes of at least 4 members (excludes halogenated alkanes) is 21. The first-order valence-electron chi connectivity index (χ1n) is 29.1. The average Bonchev–Trinajstić information content (AvgIpc) is 3.36. The first-order valence-corrected chi connectivity index (χ1v) is 29.1. The molecule has 0 saturated heterocycles. The van der Waals surface area contributed by atoms with Crippen molar-refractivity contribution in [2.24, 2.45) is 0 Å². The number of ether oxygens (including phenoxy) is 3. The van der Waals surface area contributed by atoms with Gasteiger partial charge in [0.05, 0.1) is 6.61 Å². The summed E-state index contributed by atoms with van der Waals surface area (Å²) < 4.78 is 17.4. The lowest BCUT2D eigenvalue weighted by atomic mass is 10.0. The Morgan fingerprint density at radius 3 is 1.03 bits per heavy atom. The number of hydrogen-bond donors (Lipinski definition) is 0. The van der Waals surface area contributed by atoms with Gasteiger partial charge in [-0.1, -0.05) is 258 Å². The van der Waals surface area contributed by atoms with Gasteiger partial charge in [-0.25, -0.2) is 0 Å². The molecule has 70 heavy (non-hydrogen) atoms. The molecule has 0 bridgehead atoms. The van der Waals surface area contributed by atoms with E-state index in [1.165, 1.54) is 109 Å². The fourth-order valence-corrected chi connectivity index (χ4v) is 7.75. The quantitative estimate of drug-likeness (QED) is 0.0345. The Balaban J connectivity index is 4.42. The van der Waals surface area contributed by atoms with Crippen LogP contribution in [0.5, 0.6) is 0 Å². The Morgan fingerprint density at radius 2 is 0.643 bits per heavy atom. The molecule has 1 unspecified atom stereocenters. The van der Waals surface area contributed by atoms with Crippen LogP contribution in [0, 0.1) is 0 Å². The van der Waals surface area contributed by atoms with Gasteiger partial charge in [0.25, 0.3) is 0 Å². The van der Waals surface area contributed by atoms with Crippen LogP contribution in [0.25, 0.3) is 0 Å². The molecule has 0 spiro atoms. The minimum absolute atomic E-state index is 0.0405. The second kappa shape index (κ2) is 59.6. The number of esters is 2. The predicted molar refractivity (Wildman–Crippen MR) is 306 cm³/mol. The molecule has 0 rings (SSSR count). The summed E-state index contributed by atoms with van der Waals surface area (Å²) in [4.78, 5) is 25.5. The third-order valence-electron chi connectivity index (χ3n) is 12.0. The fourth-order valence-electron chi connectivity index (χ4n) is 7.75. The Hall–Kier alpha value is -3.70. The highest BCUT2D eigenvalue weighted by Crippen LogP contribution is 2.15. The van der Waals surface area contributed by atoms with E-state index in [1.54, 1.807) is 0 Å². The van der Waals surface area contributed by atoms with Crippen molar-refractivity contribution in [3.05, 3.63) is 122 Å². The second-order valence-electron chi connectivity index (χ2n) is 18.8. The van der Waals surface area contributed by atoms with Crippen LogP contribution in [0.3, 0.4) is 0 Å². The standard InChI is InChI=1S/C65H108O5/c1-4-7-10-13-16-19-22-25-28-30-32-34-36-39-42-45-48-51-54-57-60-68-61-63(70-65(67)59-56-53-50-47-44-41-37-27-24-21-18-15-12-9-6-3)62-69-64(66)58-55-52-49-46-43-40-38-35-33-31-29-26-23-20-17-14-11-8-5-2/h7,9-10,12,16,18-19,21,25,27-28,32,34,37,39,42,44,47-48,51,63H,4-6,8,11,13-15,17,20,22-24,26,29-31,33,35-36,38,40-41,43,45-46,49-50,52-62H2,1-3H3/b10-7-,12-9-,19-16-,21-18-,28-25-,34-32-,37-27-,42-39-,47-44-,51-48-. The van der Waals surface area contributed by atoms with E-state index in [0.717, 1.165) is 109 Å². The first kappa shape index (κ1) is 66.3. The van der Waals surface area contributed by atoms with Crippen LogP contribution in [0.15, 0.2) is 122 Å². The molecule has 5 heteroatoms. The molecular formula is C65H108O5. The van der Waals surface area contributed by atoms with Crippen LogP contribution in [0.2, 0.25) is 0 Å². The van der Waals surface area contributed by atoms with Gasteiger partial charge in [-0.15, -0.1) is 0 Å². The monoisotopic (exact) mass is 969 g/mol. The number of rotatable bonds is 52. The second-order valence-corrected chi connectivity index (χ2v) is 18.8. The third kappa shape index (κ3) is 56.9. The van der Waals surface area contributed by atoms with Crippen molar-refractivity contribution in [3.63, 3.8) is 0 Å². The molecule has 0 aromatic carbocycles. The van der Waals surface area contributed by atoms with Crippen LogP contribution >= 0.6 is 0 Å². The van der Waals surface area contributed by atoms with Gasteiger partial charge in [-0.05, 0) is 103 Å². The third-order valence-corrected chi connectivity index (χ3v) is 12.0. The lowest BCUT2D eigenvalue weighted by Gasteiger charge is -2.18.